The van der Waals surface area contributed by atoms with Gasteiger partial charge in [0.15, 0.2) is 0 Å². The Balaban J connectivity index is 0.730. The minimum atomic E-state index is -0.319. The first-order chi connectivity index (χ1) is 46.2. The van der Waals surface area contributed by atoms with Crippen LogP contribution in [0.3, 0.4) is 0 Å². The Bertz CT molecular complexity index is 5990. The second-order valence-electron chi connectivity index (χ2n) is 32.8. The van der Waals surface area contributed by atoms with Gasteiger partial charge in [-0.1, -0.05) is 259 Å². The number of aryl methyl sites for hydroxylation is 1. The molecule has 1 unspecified atom stereocenters. The predicted octanol–water partition coefficient (Wildman–Crippen LogP) is 24.7. The molecule has 0 spiro atoms. The highest BCUT2D eigenvalue weighted by Gasteiger charge is 2.52. The van der Waals surface area contributed by atoms with E-state index in [1.807, 2.05) is 0 Å². The predicted molar refractivity (Wildman–Crippen MR) is 398 cm³/mol. The molecule has 0 N–H and O–H groups in total. The molecule has 0 aliphatic heterocycles. The lowest BCUT2D eigenvalue weighted by atomic mass is 9.71. The van der Waals surface area contributed by atoms with Gasteiger partial charge in [0, 0.05) is 71.1 Å². The summed E-state index contributed by atoms with van der Waals surface area (Å²) in [4.78, 5) is 0. The monoisotopic (exact) mass is 1240 g/mol. The molecule has 2 heteroatoms. The normalized spacial score (nSPS) is 17.7. The number of fused-ring (bicyclic) bond motifs is 34. The van der Waals surface area contributed by atoms with E-state index < -0.39 is 0 Å². The molecule has 7 aliphatic carbocycles. The molecule has 7 aliphatic rings. The van der Waals surface area contributed by atoms with Gasteiger partial charge in [-0.15, -0.1) is 0 Å². The van der Waals surface area contributed by atoms with Crippen LogP contribution in [0.5, 0.6) is 0 Å². The molecule has 96 heavy (non-hydrogen) atoms. The highest BCUT2D eigenvalue weighted by Crippen LogP contribution is 2.67. The maximum atomic E-state index is 7.13. The lowest BCUT2D eigenvalue weighted by Gasteiger charge is -2.31. The molecule has 21 rings (SSSR count). The largest absolute Gasteiger partial charge is 0.455 e. The summed E-state index contributed by atoms with van der Waals surface area (Å²) < 4.78 is 14.2. The van der Waals surface area contributed by atoms with E-state index in [4.69, 9.17) is 8.83 Å². The summed E-state index contributed by atoms with van der Waals surface area (Å²) in [6.07, 6.45) is 2.86. The first-order valence-electron chi connectivity index (χ1n) is 35.3. The Labute approximate surface area is 562 Å². The van der Waals surface area contributed by atoms with Crippen molar-refractivity contribution in [3.05, 3.63) is 295 Å². The van der Waals surface area contributed by atoms with Gasteiger partial charge in [0.25, 0.3) is 0 Å². The zero-order chi connectivity index (χ0) is 65.0. The average molecular weight is 1240 g/mol. The minimum absolute atomic E-state index is 0.0947. The molecule has 464 valence electrons. The van der Waals surface area contributed by atoms with Crippen molar-refractivity contribution in [1.82, 2.24) is 0 Å². The highest BCUT2D eigenvalue weighted by molar-refractivity contribution is 6.22. The van der Waals surface area contributed by atoms with Crippen LogP contribution in [0.1, 0.15) is 190 Å². The van der Waals surface area contributed by atoms with Crippen LogP contribution in [0.15, 0.2) is 209 Å². The third kappa shape index (κ3) is 6.56. The Morgan fingerprint density at radius 1 is 0.302 bits per heavy atom. The van der Waals surface area contributed by atoms with Crippen LogP contribution in [0.25, 0.3) is 122 Å². The van der Waals surface area contributed by atoms with E-state index in [1.54, 1.807) is 0 Å². The molecule has 2 heterocycles. The minimum Gasteiger partial charge on any atom is -0.455 e. The van der Waals surface area contributed by atoms with Crippen molar-refractivity contribution in [3.8, 4) is 77.9 Å². The van der Waals surface area contributed by atoms with E-state index >= 15 is 0 Å². The summed E-state index contributed by atoms with van der Waals surface area (Å²) in [7, 11) is 0. The Morgan fingerprint density at radius 2 is 0.740 bits per heavy atom. The Kier molecular flexibility index (Phi) is 10.3. The van der Waals surface area contributed by atoms with Crippen LogP contribution >= 0.6 is 0 Å². The van der Waals surface area contributed by atoms with Gasteiger partial charge in [0.2, 0.25) is 0 Å². The molecule has 14 aromatic rings. The molecule has 2 aromatic heterocycles. The molecule has 2 nitrogen and oxygen atoms in total. The smallest absolute Gasteiger partial charge is 0.144 e. The van der Waals surface area contributed by atoms with Gasteiger partial charge in [0.1, 0.15) is 22.3 Å². The van der Waals surface area contributed by atoms with Crippen molar-refractivity contribution in [3.63, 3.8) is 0 Å². The molecular formula is C94H76O2. The van der Waals surface area contributed by atoms with E-state index in [9.17, 15) is 0 Å². The van der Waals surface area contributed by atoms with Crippen molar-refractivity contribution in [2.24, 2.45) is 0 Å². The van der Waals surface area contributed by atoms with Gasteiger partial charge in [-0.25, -0.2) is 0 Å². The molecule has 0 saturated heterocycles. The second-order valence-corrected chi connectivity index (χ2v) is 32.8. The molecule has 0 saturated carbocycles. The van der Waals surface area contributed by atoms with Gasteiger partial charge in [0.05, 0.1) is 0 Å². The van der Waals surface area contributed by atoms with Crippen LogP contribution < -0.4 is 0 Å². The zero-order valence-electron chi connectivity index (χ0n) is 57.1. The molecule has 0 fully saturated rings. The van der Waals surface area contributed by atoms with Crippen molar-refractivity contribution in [2.45, 2.75) is 141 Å². The summed E-state index contributed by atoms with van der Waals surface area (Å²) in [5.41, 5.74) is 45.6. The summed E-state index contributed by atoms with van der Waals surface area (Å²) in [5, 5.41) is 4.88. The fraction of sp³-hybridized carbons (Fsp3) is 0.234. The van der Waals surface area contributed by atoms with Gasteiger partial charge in [-0.05, 0) is 205 Å². The first kappa shape index (κ1) is 55.5. The Morgan fingerprint density at radius 3 is 1.34 bits per heavy atom. The molecule has 0 radical (unpaired) electrons. The lowest BCUT2D eigenvalue weighted by Crippen LogP contribution is -2.24. The van der Waals surface area contributed by atoms with Crippen molar-refractivity contribution < 1.29 is 8.83 Å². The highest BCUT2D eigenvalue weighted by atomic mass is 16.3. The lowest BCUT2D eigenvalue weighted by molar-refractivity contribution is 0.598. The summed E-state index contributed by atoms with van der Waals surface area (Å²) in [6.45, 7) is 29.7. The molecule has 12 aromatic carbocycles. The van der Waals surface area contributed by atoms with E-state index in [0.29, 0.717) is 0 Å². The maximum absolute atomic E-state index is 7.13. The number of rotatable bonds is 5. The third-order valence-electron chi connectivity index (χ3n) is 25.8. The summed E-state index contributed by atoms with van der Waals surface area (Å²) in [5.74, 6) is 0.0947. The van der Waals surface area contributed by atoms with Crippen molar-refractivity contribution in [1.29, 1.82) is 0 Å². The summed E-state index contributed by atoms with van der Waals surface area (Å²) in [6, 6.07) is 77.9. The SMILES string of the molecule is CC1(C)c2cc(C(CCc3ccc4c(c3)C(C)(C)c3c5c(c6oc7ccccc7c6c3-4)-c3ccccc3C5(C)C)c3ccc4c(c3)C(C)(C)c3c5c(c6oc7ccccc7c6c3-4)-c3ccccc3C5(C)C)ccc2-c2cc3c(cc21)-c1c(ccc2c1-c1ccccc1C2)C3(C)C. The third-order valence-corrected chi connectivity index (χ3v) is 25.8. The topological polar surface area (TPSA) is 26.3 Å². The fourth-order valence-corrected chi connectivity index (χ4v) is 21.2. The zero-order valence-corrected chi connectivity index (χ0v) is 57.1. The van der Waals surface area contributed by atoms with Gasteiger partial charge in [-0.3, -0.25) is 0 Å². The average Bonchev–Trinajstić information content (AvgIpc) is 1.49. The van der Waals surface area contributed by atoms with Crippen LogP contribution in [-0.2, 0) is 45.3 Å². The quantitative estimate of drug-likeness (QED) is 0.172. The number of benzene rings is 12. The van der Waals surface area contributed by atoms with Crippen LogP contribution in [0.4, 0.5) is 0 Å². The standard InChI is InChI=1S/C94H76O2/c1-89(2)67-42-37-53-44-50-23-13-14-24-55(50)75(53)76(67)64-48-71-63(47-72(64)89)56-40-35-51(45-69(56)90(71,3)4)54(52-36-41-60-70(46-52)94(11,12)84-78(60)80-62-28-18-22-32-74(62)96-88(80)82-58-26-16-20-30-66(58)92(7,8)86(82)84)38-33-49-34-39-59-68(43-49)93(9,10)83-77(59)79-61-27-17-21-31-73(61)95-87(79)81-57-25-15-19-29-65(57)91(5,6)85(81)83/h13-32,34-37,39-43,45-48,54H,33,38,44H2,1-12H3. The first-order valence-corrected chi connectivity index (χ1v) is 35.3. The molecular weight excluding hydrogens is 1160 g/mol. The maximum Gasteiger partial charge on any atom is 0.144 e. The van der Waals surface area contributed by atoms with E-state index in [-0.39, 0.29) is 38.4 Å². The van der Waals surface area contributed by atoms with E-state index in [1.165, 1.54) is 194 Å². The molecule has 1 atom stereocenters. The van der Waals surface area contributed by atoms with Crippen LogP contribution in [0.2, 0.25) is 0 Å². The van der Waals surface area contributed by atoms with Gasteiger partial charge >= 0.3 is 0 Å². The van der Waals surface area contributed by atoms with Crippen molar-refractivity contribution in [2.75, 3.05) is 0 Å². The number of hydrogen-bond acceptors (Lipinski definition) is 2. The summed E-state index contributed by atoms with van der Waals surface area (Å²) >= 11 is 0. The van der Waals surface area contributed by atoms with E-state index in [2.05, 4.69) is 283 Å². The fourth-order valence-electron chi connectivity index (χ4n) is 21.2. The number of furan rings is 2. The van der Waals surface area contributed by atoms with Crippen LogP contribution in [-0.4, -0.2) is 0 Å². The number of para-hydroxylation sites is 2. The number of hydrogen-bond donors (Lipinski definition) is 0. The van der Waals surface area contributed by atoms with Gasteiger partial charge < -0.3 is 8.83 Å². The molecule has 0 amide bonds. The Hall–Kier alpha value is -9.76. The van der Waals surface area contributed by atoms with Crippen LogP contribution in [0, 0.1) is 0 Å². The second kappa shape index (κ2) is 17.8. The van der Waals surface area contributed by atoms with Gasteiger partial charge in [-0.2, -0.15) is 0 Å². The molecule has 0 bridgehead atoms. The van der Waals surface area contributed by atoms with E-state index in [0.717, 1.165) is 41.6 Å². The van der Waals surface area contributed by atoms with Crippen molar-refractivity contribution >= 4 is 43.9 Å².